The number of aliphatic hydroxyl groups is 1. The topological polar surface area (TPSA) is 88.2 Å². The van der Waals surface area contributed by atoms with E-state index in [1.165, 1.54) is 0 Å². The lowest BCUT2D eigenvalue weighted by Gasteiger charge is -2.09. The molecule has 1 amide bonds. The molecule has 6 nitrogen and oxygen atoms in total. The summed E-state index contributed by atoms with van der Waals surface area (Å²) in [5, 5.41) is 16.0. The number of carbonyl (C=O) groups is 1. The van der Waals surface area contributed by atoms with Crippen LogP contribution in [0.2, 0.25) is 0 Å². The van der Waals surface area contributed by atoms with E-state index < -0.39 is 6.10 Å². The molecule has 1 atom stereocenters. The van der Waals surface area contributed by atoms with Crippen LogP contribution in [0.25, 0.3) is 0 Å². The zero-order valence-corrected chi connectivity index (χ0v) is 11.8. The molecule has 0 saturated carbocycles. The Balaban J connectivity index is 2.25. The molecule has 0 bridgehead atoms. The van der Waals surface area contributed by atoms with Crippen LogP contribution in [0.1, 0.15) is 57.7 Å². The largest absolute Gasteiger partial charge is 0.391 e. The van der Waals surface area contributed by atoms with E-state index in [1.807, 2.05) is 20.8 Å². The molecule has 0 aliphatic carbocycles. The van der Waals surface area contributed by atoms with Gasteiger partial charge < -0.3 is 14.9 Å². The van der Waals surface area contributed by atoms with Crippen LogP contribution in [0.4, 0.5) is 0 Å². The van der Waals surface area contributed by atoms with Crippen molar-refractivity contribution in [2.24, 2.45) is 0 Å². The average Bonchev–Trinajstić information content (AvgIpc) is 2.83. The Morgan fingerprint density at radius 2 is 2.21 bits per heavy atom. The first kappa shape index (κ1) is 15.6. The summed E-state index contributed by atoms with van der Waals surface area (Å²) in [5.41, 5.74) is 0. The van der Waals surface area contributed by atoms with E-state index in [2.05, 4.69) is 15.5 Å². The molecule has 0 spiro atoms. The van der Waals surface area contributed by atoms with Crippen LogP contribution in [0.15, 0.2) is 4.52 Å². The van der Waals surface area contributed by atoms with Crippen LogP contribution < -0.4 is 5.32 Å². The summed E-state index contributed by atoms with van der Waals surface area (Å²) in [5.74, 6) is 1.25. The van der Waals surface area contributed by atoms with Crippen molar-refractivity contribution in [3.05, 3.63) is 11.7 Å². The van der Waals surface area contributed by atoms with E-state index >= 15 is 0 Å². The monoisotopic (exact) mass is 269 g/mol. The molecule has 0 aliphatic rings. The van der Waals surface area contributed by atoms with Gasteiger partial charge in [0.15, 0.2) is 5.82 Å². The molecule has 1 aromatic heterocycles. The normalized spacial score (nSPS) is 12.7. The number of aromatic nitrogens is 2. The fraction of sp³-hybridized carbons (Fsp3) is 0.769. The standard InChI is InChI=1S/C13H23N3O3/c1-4-5-10(17)8-14-11(18)6-7-12-15-13(9(2)3)16-19-12/h9-10,17H,4-8H2,1-3H3,(H,14,18). The Hall–Kier alpha value is -1.43. The summed E-state index contributed by atoms with van der Waals surface area (Å²) >= 11 is 0. The van der Waals surface area contributed by atoms with Crippen molar-refractivity contribution in [3.63, 3.8) is 0 Å². The molecular formula is C13H23N3O3. The first-order valence-electron chi connectivity index (χ1n) is 6.80. The van der Waals surface area contributed by atoms with E-state index in [4.69, 9.17) is 4.52 Å². The molecule has 1 heterocycles. The highest BCUT2D eigenvalue weighted by molar-refractivity contribution is 5.76. The number of carbonyl (C=O) groups excluding carboxylic acids is 1. The van der Waals surface area contributed by atoms with Crippen molar-refractivity contribution < 1.29 is 14.4 Å². The fourth-order valence-electron chi connectivity index (χ4n) is 1.58. The van der Waals surface area contributed by atoms with Gasteiger partial charge in [0.1, 0.15) is 0 Å². The highest BCUT2D eigenvalue weighted by Gasteiger charge is 2.12. The molecule has 0 radical (unpaired) electrons. The van der Waals surface area contributed by atoms with Crippen molar-refractivity contribution in [2.45, 2.75) is 58.5 Å². The third kappa shape index (κ3) is 5.83. The van der Waals surface area contributed by atoms with Gasteiger partial charge in [-0.1, -0.05) is 32.3 Å². The summed E-state index contributed by atoms with van der Waals surface area (Å²) in [6.45, 7) is 6.26. The van der Waals surface area contributed by atoms with Gasteiger partial charge in [-0.15, -0.1) is 0 Å². The third-order valence-corrected chi connectivity index (χ3v) is 2.72. The van der Waals surface area contributed by atoms with Crippen molar-refractivity contribution >= 4 is 5.91 Å². The maximum Gasteiger partial charge on any atom is 0.227 e. The Morgan fingerprint density at radius 1 is 1.47 bits per heavy atom. The molecular weight excluding hydrogens is 246 g/mol. The van der Waals surface area contributed by atoms with Crippen molar-refractivity contribution in [1.29, 1.82) is 0 Å². The number of hydrogen-bond acceptors (Lipinski definition) is 5. The Morgan fingerprint density at radius 3 is 2.79 bits per heavy atom. The van der Waals surface area contributed by atoms with Crippen LogP contribution in [-0.4, -0.2) is 33.8 Å². The van der Waals surface area contributed by atoms with Gasteiger partial charge in [-0.25, -0.2) is 0 Å². The minimum Gasteiger partial charge on any atom is -0.391 e. The number of aliphatic hydroxyl groups excluding tert-OH is 1. The molecule has 19 heavy (non-hydrogen) atoms. The van der Waals surface area contributed by atoms with Crippen molar-refractivity contribution in [2.75, 3.05) is 6.54 Å². The molecule has 1 unspecified atom stereocenters. The fourth-order valence-corrected chi connectivity index (χ4v) is 1.58. The van der Waals surface area contributed by atoms with Gasteiger partial charge in [-0.2, -0.15) is 4.98 Å². The van der Waals surface area contributed by atoms with E-state index in [-0.39, 0.29) is 11.8 Å². The number of nitrogens with one attached hydrogen (secondary N) is 1. The smallest absolute Gasteiger partial charge is 0.227 e. The molecule has 2 N–H and O–H groups in total. The van der Waals surface area contributed by atoms with Crippen molar-refractivity contribution in [1.82, 2.24) is 15.5 Å². The maximum atomic E-state index is 11.6. The molecule has 0 fully saturated rings. The predicted molar refractivity (Wildman–Crippen MR) is 70.6 cm³/mol. The van der Waals surface area contributed by atoms with Crippen LogP contribution in [0.5, 0.6) is 0 Å². The van der Waals surface area contributed by atoms with Gasteiger partial charge in [0.2, 0.25) is 11.8 Å². The molecule has 0 aromatic carbocycles. The number of rotatable bonds is 8. The van der Waals surface area contributed by atoms with Crippen molar-refractivity contribution in [3.8, 4) is 0 Å². The Kier molecular flexibility index (Phi) is 6.49. The average molecular weight is 269 g/mol. The van der Waals surface area contributed by atoms with Gasteiger partial charge in [0.05, 0.1) is 6.10 Å². The summed E-state index contributed by atoms with van der Waals surface area (Å²) in [6.07, 6.45) is 1.84. The Bertz CT molecular complexity index is 390. The van der Waals surface area contributed by atoms with Gasteiger partial charge in [-0.3, -0.25) is 4.79 Å². The third-order valence-electron chi connectivity index (χ3n) is 2.72. The first-order chi connectivity index (χ1) is 9.02. The highest BCUT2D eigenvalue weighted by atomic mass is 16.5. The minimum atomic E-state index is -0.468. The molecule has 1 aromatic rings. The number of hydrogen-bond donors (Lipinski definition) is 2. The van der Waals surface area contributed by atoms with Gasteiger partial charge in [-0.05, 0) is 6.42 Å². The SMILES string of the molecule is CCCC(O)CNC(=O)CCc1nc(C(C)C)no1. The summed E-state index contributed by atoms with van der Waals surface area (Å²) in [4.78, 5) is 15.8. The van der Waals surface area contributed by atoms with Gasteiger partial charge >= 0.3 is 0 Å². The molecule has 0 saturated heterocycles. The molecule has 0 aliphatic heterocycles. The van der Waals surface area contributed by atoms with Crippen LogP contribution >= 0.6 is 0 Å². The summed E-state index contributed by atoms with van der Waals surface area (Å²) in [6, 6.07) is 0. The maximum absolute atomic E-state index is 11.6. The molecule has 1 rings (SSSR count). The zero-order valence-electron chi connectivity index (χ0n) is 11.8. The quantitative estimate of drug-likeness (QED) is 0.744. The number of amides is 1. The Labute approximate surface area is 113 Å². The van der Waals surface area contributed by atoms with E-state index in [1.54, 1.807) is 0 Å². The number of aryl methyl sites for hydroxylation is 1. The lowest BCUT2D eigenvalue weighted by Crippen LogP contribution is -2.32. The predicted octanol–water partition coefficient (Wildman–Crippen LogP) is 1.40. The number of nitrogens with zero attached hydrogens (tertiary/aromatic N) is 2. The first-order valence-corrected chi connectivity index (χ1v) is 6.80. The lowest BCUT2D eigenvalue weighted by molar-refractivity contribution is -0.121. The van der Waals surface area contributed by atoms with Gasteiger partial charge in [0.25, 0.3) is 0 Å². The van der Waals surface area contributed by atoms with Crippen LogP contribution in [-0.2, 0) is 11.2 Å². The highest BCUT2D eigenvalue weighted by Crippen LogP contribution is 2.10. The second-order valence-electron chi connectivity index (χ2n) is 4.95. The van der Waals surface area contributed by atoms with E-state index in [0.717, 1.165) is 6.42 Å². The molecule has 108 valence electrons. The van der Waals surface area contributed by atoms with Gasteiger partial charge in [0, 0.05) is 25.3 Å². The van der Waals surface area contributed by atoms with E-state index in [0.29, 0.717) is 37.5 Å². The second kappa shape index (κ2) is 7.89. The summed E-state index contributed by atoms with van der Waals surface area (Å²) in [7, 11) is 0. The summed E-state index contributed by atoms with van der Waals surface area (Å²) < 4.78 is 5.05. The molecule has 6 heteroatoms. The zero-order chi connectivity index (χ0) is 14.3. The van der Waals surface area contributed by atoms with Crippen LogP contribution in [0.3, 0.4) is 0 Å². The second-order valence-corrected chi connectivity index (χ2v) is 4.95. The van der Waals surface area contributed by atoms with E-state index in [9.17, 15) is 9.90 Å². The minimum absolute atomic E-state index is 0.112. The lowest BCUT2D eigenvalue weighted by atomic mass is 10.2. The van der Waals surface area contributed by atoms with Crippen LogP contribution in [0, 0.1) is 0 Å².